The summed E-state index contributed by atoms with van der Waals surface area (Å²) in [6, 6.07) is 14.0. The van der Waals surface area contributed by atoms with Crippen molar-refractivity contribution in [2.75, 3.05) is 19.1 Å². The fourth-order valence-electron chi connectivity index (χ4n) is 3.47. The molecule has 190 valence electrons. The van der Waals surface area contributed by atoms with E-state index in [9.17, 15) is 10.2 Å². The van der Waals surface area contributed by atoms with Crippen molar-refractivity contribution in [3.8, 4) is 11.5 Å². The predicted octanol–water partition coefficient (Wildman–Crippen LogP) is 5.16. The van der Waals surface area contributed by atoms with Crippen molar-refractivity contribution in [2.45, 2.75) is 45.4 Å². The number of alkyl halides is 1. The van der Waals surface area contributed by atoms with Gasteiger partial charge in [0, 0.05) is 17.2 Å². The van der Waals surface area contributed by atoms with Gasteiger partial charge in [-0.1, -0.05) is 44.2 Å². The number of hydrogen-bond acceptors (Lipinski definition) is 6. The summed E-state index contributed by atoms with van der Waals surface area (Å²) in [5, 5.41) is 27.6. The van der Waals surface area contributed by atoms with Crippen LogP contribution in [0.2, 0.25) is 0 Å². The van der Waals surface area contributed by atoms with Crippen LogP contribution in [-0.2, 0) is 18.6 Å². The van der Waals surface area contributed by atoms with Gasteiger partial charge in [-0.3, -0.25) is 0 Å². The van der Waals surface area contributed by atoms with Gasteiger partial charge in [0.25, 0.3) is 0 Å². The second kappa shape index (κ2) is 12.7. The van der Waals surface area contributed by atoms with Crippen LogP contribution >= 0.6 is 50.1 Å². The third-order valence-corrected chi connectivity index (χ3v) is 7.77. The Morgan fingerprint density at radius 1 is 1.11 bits per heavy atom. The quantitative estimate of drug-likeness (QED) is 0.204. The lowest BCUT2D eigenvalue weighted by Gasteiger charge is -2.27. The first-order valence-electron chi connectivity index (χ1n) is 11.2. The van der Waals surface area contributed by atoms with Crippen LogP contribution in [0.4, 0.5) is 0 Å². The molecule has 0 aliphatic carbocycles. The molecule has 10 heteroatoms. The third kappa shape index (κ3) is 7.31. The van der Waals surface area contributed by atoms with Crippen LogP contribution in [-0.4, -0.2) is 50.4 Å². The Balaban J connectivity index is 1.61. The molecule has 7 nitrogen and oxygen atoms in total. The highest BCUT2D eigenvalue weighted by Gasteiger charge is 2.24. The molecule has 2 atom stereocenters. The summed E-state index contributed by atoms with van der Waals surface area (Å²) >= 11 is 11.5. The second-order valence-electron chi connectivity index (χ2n) is 9.00. The van der Waals surface area contributed by atoms with Gasteiger partial charge in [0.1, 0.15) is 27.9 Å². The Bertz CT molecular complexity index is 1110. The Kier molecular flexibility index (Phi) is 10.2. The molecule has 0 radical (unpaired) electrons. The minimum absolute atomic E-state index is 0.0980. The molecule has 0 amide bonds. The van der Waals surface area contributed by atoms with E-state index in [0.717, 1.165) is 21.3 Å². The summed E-state index contributed by atoms with van der Waals surface area (Å²) in [6.07, 6.45) is -0.792. The van der Waals surface area contributed by atoms with Crippen LogP contribution in [0.1, 0.15) is 37.6 Å². The maximum absolute atomic E-state index is 10.3. The van der Waals surface area contributed by atoms with Gasteiger partial charge in [-0.2, -0.15) is 0 Å². The largest absolute Gasteiger partial charge is 0.492 e. The lowest BCUT2D eigenvalue weighted by atomic mass is 9.78. The molecular weight excluding hydrogens is 649 g/mol. The van der Waals surface area contributed by atoms with Crippen molar-refractivity contribution in [2.24, 2.45) is 5.92 Å². The maximum Gasteiger partial charge on any atom is 0.149 e. The molecule has 0 unspecified atom stereocenters. The monoisotopic (exact) mass is 677 g/mol. The van der Waals surface area contributed by atoms with E-state index in [4.69, 9.17) is 21.1 Å². The number of aliphatic hydroxyl groups excluding tert-OH is 2. The van der Waals surface area contributed by atoms with Gasteiger partial charge < -0.3 is 19.7 Å². The summed E-state index contributed by atoms with van der Waals surface area (Å²) in [7, 11) is 0. The van der Waals surface area contributed by atoms with Crippen LogP contribution in [0.3, 0.4) is 0 Å². The first-order chi connectivity index (χ1) is 16.6. The smallest absolute Gasteiger partial charge is 0.149 e. The fraction of sp³-hybridized carbons (Fsp3) is 0.440. The second-order valence-corrected chi connectivity index (χ2v) is 11.2. The van der Waals surface area contributed by atoms with E-state index in [2.05, 4.69) is 59.1 Å². The van der Waals surface area contributed by atoms with Crippen LogP contribution < -0.4 is 9.47 Å². The maximum atomic E-state index is 10.3. The molecule has 35 heavy (non-hydrogen) atoms. The SMILES string of the molecule is C[C@@H](CCl)COc1ccc(C(C)(C)c2ccc(OC[C@H](O)Cn3nnc(I)c3CO)cc2)cc1Br. The lowest BCUT2D eigenvalue weighted by molar-refractivity contribution is 0.0866. The molecule has 0 aliphatic rings. The third-order valence-electron chi connectivity index (χ3n) is 5.78. The lowest BCUT2D eigenvalue weighted by Crippen LogP contribution is -2.25. The molecule has 0 aliphatic heterocycles. The van der Waals surface area contributed by atoms with Crippen molar-refractivity contribution in [1.29, 1.82) is 0 Å². The van der Waals surface area contributed by atoms with Crippen molar-refractivity contribution in [3.63, 3.8) is 0 Å². The van der Waals surface area contributed by atoms with E-state index in [0.29, 0.717) is 27.6 Å². The number of ether oxygens (including phenoxy) is 2. The average Bonchev–Trinajstić information content (AvgIpc) is 3.20. The van der Waals surface area contributed by atoms with Crippen molar-refractivity contribution >= 4 is 50.1 Å². The molecule has 2 aromatic carbocycles. The number of nitrogens with zero attached hydrogens (tertiary/aromatic N) is 3. The highest BCUT2D eigenvalue weighted by Crippen LogP contribution is 2.36. The zero-order valence-corrected chi connectivity index (χ0v) is 24.4. The number of hydrogen-bond donors (Lipinski definition) is 2. The molecule has 1 heterocycles. The minimum atomic E-state index is -0.792. The number of rotatable bonds is 12. The summed E-state index contributed by atoms with van der Waals surface area (Å²) < 4.78 is 14.7. The summed E-state index contributed by atoms with van der Waals surface area (Å²) in [5.74, 6) is 2.31. The molecule has 0 saturated carbocycles. The Morgan fingerprint density at radius 2 is 1.80 bits per heavy atom. The number of aromatic nitrogens is 3. The van der Waals surface area contributed by atoms with E-state index in [1.165, 1.54) is 4.68 Å². The van der Waals surface area contributed by atoms with Gasteiger partial charge in [-0.05, 0) is 73.9 Å². The highest BCUT2D eigenvalue weighted by molar-refractivity contribution is 14.1. The fourth-order valence-corrected chi connectivity index (χ4v) is 4.60. The summed E-state index contributed by atoms with van der Waals surface area (Å²) in [6.45, 7) is 7.07. The number of halogens is 3. The van der Waals surface area contributed by atoms with Gasteiger partial charge in [0.15, 0.2) is 0 Å². The van der Waals surface area contributed by atoms with Crippen LogP contribution in [0.15, 0.2) is 46.9 Å². The van der Waals surface area contributed by atoms with E-state index >= 15 is 0 Å². The average molecular weight is 679 g/mol. The van der Waals surface area contributed by atoms with Crippen molar-refractivity contribution in [1.82, 2.24) is 15.0 Å². The first kappa shape index (κ1) is 28.2. The van der Waals surface area contributed by atoms with Gasteiger partial charge in [-0.15, -0.1) is 16.7 Å². The van der Waals surface area contributed by atoms with Gasteiger partial charge >= 0.3 is 0 Å². The predicted molar refractivity (Wildman–Crippen MR) is 148 cm³/mol. The highest BCUT2D eigenvalue weighted by atomic mass is 127. The number of aliphatic hydroxyl groups is 2. The van der Waals surface area contributed by atoms with Crippen molar-refractivity contribution in [3.05, 3.63) is 67.5 Å². The van der Waals surface area contributed by atoms with E-state index in [1.54, 1.807) is 0 Å². The normalized spacial score (nSPS) is 13.5. The zero-order chi connectivity index (χ0) is 25.6. The van der Waals surface area contributed by atoms with Crippen LogP contribution in [0.5, 0.6) is 11.5 Å². The Hall–Kier alpha value is -1.40. The first-order valence-corrected chi connectivity index (χ1v) is 13.6. The summed E-state index contributed by atoms with van der Waals surface area (Å²) in [4.78, 5) is 0. The molecule has 3 rings (SSSR count). The van der Waals surface area contributed by atoms with E-state index in [1.807, 2.05) is 52.9 Å². The van der Waals surface area contributed by atoms with E-state index < -0.39 is 6.10 Å². The number of benzene rings is 2. The van der Waals surface area contributed by atoms with E-state index in [-0.39, 0.29) is 31.1 Å². The molecule has 2 N–H and O–H groups in total. The topological polar surface area (TPSA) is 89.6 Å². The molecular formula is C25H30BrClIN3O4. The summed E-state index contributed by atoms with van der Waals surface area (Å²) in [5.41, 5.74) is 2.61. The van der Waals surface area contributed by atoms with Crippen LogP contribution in [0.25, 0.3) is 0 Å². The standard InChI is InChI=1S/C25H30BrClIN3O4/c1-16(11-27)14-35-23-9-6-18(10-21(23)26)25(2,3)17-4-7-20(8-5-17)34-15-19(33)12-31-22(13-32)24(28)29-30-31/h4-10,16,19,32-33H,11-15H2,1-3H3/t16-,19+/m0/s1. The molecule has 0 bridgehead atoms. The Labute approximate surface area is 233 Å². The van der Waals surface area contributed by atoms with Gasteiger partial charge in [0.2, 0.25) is 0 Å². The van der Waals surface area contributed by atoms with Gasteiger partial charge in [0.05, 0.1) is 29.9 Å². The van der Waals surface area contributed by atoms with Gasteiger partial charge in [-0.25, -0.2) is 4.68 Å². The van der Waals surface area contributed by atoms with Crippen LogP contribution in [0, 0.1) is 9.62 Å². The zero-order valence-electron chi connectivity index (χ0n) is 19.9. The molecule has 0 saturated heterocycles. The molecule has 0 fully saturated rings. The molecule has 3 aromatic rings. The Morgan fingerprint density at radius 3 is 2.43 bits per heavy atom. The molecule has 0 spiro atoms. The van der Waals surface area contributed by atoms with Crippen molar-refractivity contribution < 1.29 is 19.7 Å². The minimum Gasteiger partial charge on any atom is -0.492 e. The molecule has 1 aromatic heterocycles.